The summed E-state index contributed by atoms with van der Waals surface area (Å²) in [6, 6.07) is 4.15. The van der Waals surface area contributed by atoms with Gasteiger partial charge in [0.1, 0.15) is 0 Å². The minimum absolute atomic E-state index is 0.648. The van der Waals surface area contributed by atoms with Crippen LogP contribution in [0.25, 0.3) is 0 Å². The fourth-order valence-corrected chi connectivity index (χ4v) is 2.80. The molecule has 1 aromatic rings. The van der Waals surface area contributed by atoms with Crippen molar-refractivity contribution in [2.24, 2.45) is 5.92 Å². The van der Waals surface area contributed by atoms with Crippen molar-refractivity contribution in [2.45, 2.75) is 32.7 Å². The molecular formula is C15H22BrNO2. The van der Waals surface area contributed by atoms with Crippen molar-refractivity contribution in [3.8, 4) is 11.5 Å². The third-order valence-electron chi connectivity index (χ3n) is 3.44. The zero-order valence-electron chi connectivity index (χ0n) is 11.7. The highest BCUT2D eigenvalue weighted by Crippen LogP contribution is 2.38. The molecule has 0 aliphatic heterocycles. The average molecular weight is 328 g/mol. The van der Waals surface area contributed by atoms with Crippen LogP contribution < -0.4 is 14.8 Å². The molecule has 0 aromatic heterocycles. The van der Waals surface area contributed by atoms with Gasteiger partial charge in [-0.3, -0.25) is 0 Å². The lowest BCUT2D eigenvalue weighted by Gasteiger charge is -2.26. The topological polar surface area (TPSA) is 30.5 Å². The van der Waals surface area contributed by atoms with Crippen LogP contribution in [0, 0.1) is 5.92 Å². The van der Waals surface area contributed by atoms with Gasteiger partial charge in [0.05, 0.1) is 17.7 Å². The highest BCUT2D eigenvalue weighted by atomic mass is 79.9. The van der Waals surface area contributed by atoms with E-state index in [1.807, 2.05) is 14.0 Å². The molecular weight excluding hydrogens is 306 g/mol. The summed E-state index contributed by atoms with van der Waals surface area (Å²) in [7, 11) is 1.94. The van der Waals surface area contributed by atoms with Gasteiger partial charge in [-0.1, -0.05) is 6.42 Å². The number of nitrogens with one attached hydrogen (secondary N) is 1. The van der Waals surface area contributed by atoms with Gasteiger partial charge >= 0.3 is 0 Å². The highest BCUT2D eigenvalue weighted by molar-refractivity contribution is 9.10. The Kier molecular flexibility index (Phi) is 5.52. The molecule has 1 fully saturated rings. The van der Waals surface area contributed by atoms with Crippen molar-refractivity contribution in [3.63, 3.8) is 0 Å². The van der Waals surface area contributed by atoms with Gasteiger partial charge in [0, 0.05) is 6.54 Å². The Bertz CT molecular complexity index is 419. The molecule has 3 nitrogen and oxygen atoms in total. The lowest BCUT2D eigenvalue weighted by atomic mass is 9.86. The molecule has 0 unspecified atom stereocenters. The molecule has 2 rings (SSSR count). The third kappa shape index (κ3) is 3.86. The fraction of sp³-hybridized carbons (Fsp3) is 0.600. The molecule has 0 bridgehead atoms. The molecule has 0 saturated heterocycles. The summed E-state index contributed by atoms with van der Waals surface area (Å²) in [6.45, 7) is 4.26. The van der Waals surface area contributed by atoms with Crippen molar-refractivity contribution >= 4 is 15.9 Å². The fourth-order valence-electron chi connectivity index (χ4n) is 2.19. The SMILES string of the molecule is CCOc1cc(CNC)cc(Br)c1OCC1CCC1. The highest BCUT2D eigenvalue weighted by Gasteiger charge is 2.20. The second kappa shape index (κ2) is 7.15. The van der Waals surface area contributed by atoms with Crippen molar-refractivity contribution in [2.75, 3.05) is 20.3 Å². The summed E-state index contributed by atoms with van der Waals surface area (Å²) in [4.78, 5) is 0. The van der Waals surface area contributed by atoms with Gasteiger partial charge < -0.3 is 14.8 Å². The summed E-state index contributed by atoms with van der Waals surface area (Å²) in [6.07, 6.45) is 3.92. The Morgan fingerprint density at radius 2 is 2.11 bits per heavy atom. The lowest BCUT2D eigenvalue weighted by molar-refractivity contribution is 0.173. The van der Waals surface area contributed by atoms with Crippen molar-refractivity contribution in [1.82, 2.24) is 5.32 Å². The van der Waals surface area contributed by atoms with Crippen LogP contribution in [0.3, 0.4) is 0 Å². The molecule has 1 N–H and O–H groups in total. The summed E-state index contributed by atoms with van der Waals surface area (Å²) >= 11 is 3.60. The quantitative estimate of drug-likeness (QED) is 0.827. The van der Waals surface area contributed by atoms with E-state index in [1.54, 1.807) is 0 Å². The van der Waals surface area contributed by atoms with E-state index < -0.39 is 0 Å². The van der Waals surface area contributed by atoms with Crippen LogP contribution in [0.1, 0.15) is 31.7 Å². The van der Waals surface area contributed by atoms with Crippen molar-refractivity contribution in [1.29, 1.82) is 0 Å². The van der Waals surface area contributed by atoms with Crippen molar-refractivity contribution in [3.05, 3.63) is 22.2 Å². The summed E-state index contributed by atoms with van der Waals surface area (Å²) in [5, 5.41) is 3.15. The maximum atomic E-state index is 5.97. The number of hydrogen-bond donors (Lipinski definition) is 1. The van der Waals surface area contributed by atoms with E-state index in [0.717, 1.165) is 35.0 Å². The molecule has 0 radical (unpaired) electrons. The molecule has 0 amide bonds. The predicted octanol–water partition coefficient (Wildman–Crippen LogP) is 3.75. The van der Waals surface area contributed by atoms with E-state index in [1.165, 1.54) is 24.8 Å². The number of ether oxygens (including phenoxy) is 2. The van der Waals surface area contributed by atoms with E-state index in [4.69, 9.17) is 9.47 Å². The molecule has 1 aromatic carbocycles. The Balaban J connectivity index is 2.13. The first-order valence-corrected chi connectivity index (χ1v) is 7.76. The average Bonchev–Trinajstić information content (AvgIpc) is 2.31. The Hall–Kier alpha value is -0.740. The van der Waals surface area contributed by atoms with Crippen LogP contribution in [0.4, 0.5) is 0 Å². The lowest BCUT2D eigenvalue weighted by Crippen LogP contribution is -2.19. The van der Waals surface area contributed by atoms with E-state index in [9.17, 15) is 0 Å². The van der Waals surface area contributed by atoms with Crippen LogP contribution in [0.15, 0.2) is 16.6 Å². The monoisotopic (exact) mass is 327 g/mol. The minimum atomic E-state index is 0.648. The number of benzene rings is 1. The van der Waals surface area contributed by atoms with Crippen LogP contribution >= 0.6 is 15.9 Å². The van der Waals surface area contributed by atoms with Crippen molar-refractivity contribution < 1.29 is 9.47 Å². The number of rotatable bonds is 7. The smallest absolute Gasteiger partial charge is 0.175 e. The standard InChI is InChI=1S/C15H22BrNO2/c1-3-18-14-8-12(9-17-2)7-13(16)15(14)19-10-11-5-4-6-11/h7-8,11,17H,3-6,9-10H2,1-2H3. The molecule has 0 heterocycles. The summed E-state index contributed by atoms with van der Waals surface area (Å²) in [5.41, 5.74) is 1.19. The molecule has 4 heteroatoms. The van der Waals surface area contributed by atoms with Crippen LogP contribution in [0.2, 0.25) is 0 Å². The molecule has 0 spiro atoms. The van der Waals surface area contributed by atoms with Crippen LogP contribution in [0.5, 0.6) is 11.5 Å². The van der Waals surface area contributed by atoms with E-state index in [2.05, 4.69) is 33.4 Å². The molecule has 1 aliphatic carbocycles. The Morgan fingerprint density at radius 1 is 1.32 bits per heavy atom. The first kappa shape index (κ1) is 14.7. The predicted molar refractivity (Wildman–Crippen MR) is 80.9 cm³/mol. The van der Waals surface area contributed by atoms with Gasteiger partial charge in [-0.05, 0) is 66.4 Å². The minimum Gasteiger partial charge on any atom is -0.490 e. The normalized spacial score (nSPS) is 15.1. The second-order valence-electron chi connectivity index (χ2n) is 4.98. The molecule has 19 heavy (non-hydrogen) atoms. The number of hydrogen-bond acceptors (Lipinski definition) is 3. The third-order valence-corrected chi connectivity index (χ3v) is 4.03. The van der Waals surface area contributed by atoms with Gasteiger partial charge in [0.15, 0.2) is 11.5 Å². The molecule has 0 atom stereocenters. The molecule has 106 valence electrons. The summed E-state index contributed by atoms with van der Waals surface area (Å²) in [5.74, 6) is 2.40. The maximum absolute atomic E-state index is 5.97. The second-order valence-corrected chi connectivity index (χ2v) is 5.83. The van der Waals surface area contributed by atoms with E-state index in [-0.39, 0.29) is 0 Å². The molecule has 1 saturated carbocycles. The maximum Gasteiger partial charge on any atom is 0.175 e. The van der Waals surface area contributed by atoms with E-state index >= 15 is 0 Å². The van der Waals surface area contributed by atoms with Gasteiger partial charge in [-0.25, -0.2) is 0 Å². The largest absolute Gasteiger partial charge is 0.490 e. The van der Waals surface area contributed by atoms with Crippen LogP contribution in [-0.4, -0.2) is 20.3 Å². The van der Waals surface area contributed by atoms with Gasteiger partial charge in [0.25, 0.3) is 0 Å². The zero-order valence-corrected chi connectivity index (χ0v) is 13.3. The Morgan fingerprint density at radius 3 is 2.68 bits per heavy atom. The molecule has 1 aliphatic rings. The van der Waals surface area contributed by atoms with E-state index in [0.29, 0.717) is 6.61 Å². The number of halogens is 1. The Labute approximate surface area is 123 Å². The van der Waals surface area contributed by atoms with Gasteiger partial charge in [-0.15, -0.1) is 0 Å². The summed E-state index contributed by atoms with van der Waals surface area (Å²) < 4.78 is 12.6. The van der Waals surface area contributed by atoms with Gasteiger partial charge in [-0.2, -0.15) is 0 Å². The van der Waals surface area contributed by atoms with Crippen LogP contribution in [-0.2, 0) is 6.54 Å². The first-order chi connectivity index (χ1) is 9.24. The zero-order chi connectivity index (χ0) is 13.7. The van der Waals surface area contributed by atoms with Gasteiger partial charge in [0.2, 0.25) is 0 Å². The first-order valence-electron chi connectivity index (χ1n) is 6.97.